The fraction of sp³-hybridized carbons (Fsp3) is 0.176. The minimum absolute atomic E-state index is 0.192. The number of hydrogen-bond donors (Lipinski definition) is 1. The number of carbonyl (C=O) groups is 2. The minimum Gasteiger partial charge on any atom is -0.465 e. The fourth-order valence-corrected chi connectivity index (χ4v) is 2.91. The Labute approximate surface area is 144 Å². The van der Waals surface area contributed by atoms with Crippen LogP contribution in [0, 0.1) is 0 Å². The Kier molecular flexibility index (Phi) is 6.07. The number of rotatable bonds is 5. The van der Waals surface area contributed by atoms with Crippen molar-refractivity contribution in [2.24, 2.45) is 0 Å². The van der Waals surface area contributed by atoms with Gasteiger partial charge in [0.15, 0.2) is 0 Å². The van der Waals surface area contributed by atoms with E-state index in [2.05, 4.69) is 10.1 Å². The molecule has 23 heavy (non-hydrogen) atoms. The molecule has 2 rings (SSSR count). The molecule has 1 atom stereocenters. The van der Waals surface area contributed by atoms with Gasteiger partial charge in [0.25, 0.3) is 0 Å². The number of benzene rings is 2. The van der Waals surface area contributed by atoms with Crippen LogP contribution in [-0.2, 0) is 9.53 Å². The highest BCUT2D eigenvalue weighted by Gasteiger charge is 2.17. The van der Waals surface area contributed by atoms with Crippen molar-refractivity contribution in [2.75, 3.05) is 12.4 Å². The zero-order chi connectivity index (χ0) is 16.8. The largest absolute Gasteiger partial charge is 0.465 e. The van der Waals surface area contributed by atoms with E-state index >= 15 is 0 Å². The molecule has 0 bridgehead atoms. The van der Waals surface area contributed by atoms with Crippen LogP contribution >= 0.6 is 23.4 Å². The number of esters is 1. The average Bonchev–Trinajstić information content (AvgIpc) is 2.56. The summed E-state index contributed by atoms with van der Waals surface area (Å²) in [5.74, 6) is -0.674. The normalized spacial score (nSPS) is 11.6. The third-order valence-corrected chi connectivity index (χ3v) is 4.51. The number of nitrogens with one attached hydrogen (secondary N) is 1. The molecule has 6 heteroatoms. The lowest BCUT2D eigenvalue weighted by Crippen LogP contribution is -2.22. The maximum absolute atomic E-state index is 12.3. The van der Waals surface area contributed by atoms with Crippen LogP contribution in [0.5, 0.6) is 0 Å². The lowest BCUT2D eigenvalue weighted by molar-refractivity contribution is -0.115. The Hall–Kier alpha value is -1.98. The van der Waals surface area contributed by atoms with Crippen LogP contribution in [-0.4, -0.2) is 24.2 Å². The summed E-state index contributed by atoms with van der Waals surface area (Å²) in [7, 11) is 1.30. The number of hydrogen-bond acceptors (Lipinski definition) is 4. The highest BCUT2D eigenvalue weighted by Crippen LogP contribution is 2.27. The Balaban J connectivity index is 2.08. The van der Waals surface area contributed by atoms with Gasteiger partial charge in [-0.05, 0) is 37.3 Å². The Morgan fingerprint density at radius 2 is 1.87 bits per heavy atom. The predicted molar refractivity (Wildman–Crippen MR) is 93.2 cm³/mol. The van der Waals surface area contributed by atoms with E-state index in [1.54, 1.807) is 12.1 Å². The number of ether oxygens (including phenoxy) is 1. The smallest absolute Gasteiger partial charge is 0.337 e. The van der Waals surface area contributed by atoms with Gasteiger partial charge in [-0.25, -0.2) is 4.79 Å². The maximum Gasteiger partial charge on any atom is 0.337 e. The molecule has 0 aliphatic heterocycles. The standard InChI is InChI=1S/C17H16ClNO3S/c1-11(23-13-6-4-3-5-7-13)16(20)19-15-10-12(17(21)22-2)8-9-14(15)18/h3-11H,1-2H3,(H,19,20)/t11-/m0/s1. The summed E-state index contributed by atoms with van der Waals surface area (Å²) >= 11 is 7.52. The molecule has 0 spiro atoms. The van der Waals surface area contributed by atoms with Crippen LogP contribution in [0.25, 0.3) is 0 Å². The number of anilines is 1. The van der Waals surface area contributed by atoms with Gasteiger partial charge in [-0.1, -0.05) is 29.8 Å². The monoisotopic (exact) mass is 349 g/mol. The zero-order valence-electron chi connectivity index (χ0n) is 12.7. The van der Waals surface area contributed by atoms with Crippen molar-refractivity contribution in [3.63, 3.8) is 0 Å². The zero-order valence-corrected chi connectivity index (χ0v) is 14.3. The van der Waals surface area contributed by atoms with E-state index in [0.717, 1.165) is 4.90 Å². The van der Waals surface area contributed by atoms with Gasteiger partial charge in [0.1, 0.15) is 0 Å². The lowest BCUT2D eigenvalue weighted by Gasteiger charge is -2.13. The summed E-state index contributed by atoms with van der Waals surface area (Å²) in [6, 6.07) is 14.3. The summed E-state index contributed by atoms with van der Waals surface area (Å²) < 4.78 is 4.66. The summed E-state index contributed by atoms with van der Waals surface area (Å²) in [6.07, 6.45) is 0. The van der Waals surface area contributed by atoms with Gasteiger partial charge in [0.2, 0.25) is 5.91 Å². The van der Waals surface area contributed by atoms with Crippen molar-refractivity contribution in [1.29, 1.82) is 0 Å². The van der Waals surface area contributed by atoms with E-state index < -0.39 is 5.97 Å². The molecular weight excluding hydrogens is 334 g/mol. The van der Waals surface area contributed by atoms with Crippen LogP contribution in [0.1, 0.15) is 17.3 Å². The van der Waals surface area contributed by atoms with Gasteiger partial charge in [0, 0.05) is 4.90 Å². The lowest BCUT2D eigenvalue weighted by atomic mass is 10.2. The first-order chi connectivity index (χ1) is 11.0. The van der Waals surface area contributed by atoms with Crippen LogP contribution in [0.15, 0.2) is 53.4 Å². The number of halogens is 1. The minimum atomic E-state index is -0.483. The molecule has 0 radical (unpaired) electrons. The molecule has 0 heterocycles. The molecule has 2 aromatic carbocycles. The second-order valence-corrected chi connectivity index (χ2v) is 6.57. The van der Waals surface area contributed by atoms with E-state index in [9.17, 15) is 9.59 Å². The molecule has 1 amide bonds. The van der Waals surface area contributed by atoms with Crippen molar-refractivity contribution in [3.8, 4) is 0 Å². The first-order valence-corrected chi connectivity index (χ1v) is 8.17. The average molecular weight is 350 g/mol. The molecule has 0 saturated heterocycles. The third kappa shape index (κ3) is 4.74. The topological polar surface area (TPSA) is 55.4 Å². The second-order valence-electron chi connectivity index (χ2n) is 4.75. The van der Waals surface area contributed by atoms with Gasteiger partial charge in [0.05, 0.1) is 28.6 Å². The van der Waals surface area contributed by atoms with Crippen molar-refractivity contribution in [3.05, 3.63) is 59.1 Å². The van der Waals surface area contributed by atoms with E-state index in [0.29, 0.717) is 16.3 Å². The van der Waals surface area contributed by atoms with Crippen LogP contribution in [0.3, 0.4) is 0 Å². The van der Waals surface area contributed by atoms with Gasteiger partial charge in [-0.3, -0.25) is 4.79 Å². The molecule has 0 fully saturated rings. The molecular formula is C17H16ClNO3S. The van der Waals surface area contributed by atoms with Crippen molar-refractivity contribution in [2.45, 2.75) is 17.1 Å². The summed E-state index contributed by atoms with van der Waals surface area (Å²) in [4.78, 5) is 24.9. The number of methoxy groups -OCH3 is 1. The molecule has 2 aromatic rings. The molecule has 0 saturated carbocycles. The van der Waals surface area contributed by atoms with E-state index in [1.807, 2.05) is 37.3 Å². The number of carbonyl (C=O) groups excluding carboxylic acids is 2. The van der Waals surface area contributed by atoms with Gasteiger partial charge >= 0.3 is 5.97 Å². The Bertz CT molecular complexity index is 706. The predicted octanol–water partition coefficient (Wildman–Crippen LogP) is 4.25. The SMILES string of the molecule is COC(=O)c1ccc(Cl)c(NC(=O)[C@H](C)Sc2ccccc2)c1. The third-order valence-electron chi connectivity index (χ3n) is 3.07. The van der Waals surface area contributed by atoms with Gasteiger partial charge in [-0.2, -0.15) is 0 Å². The quantitative estimate of drug-likeness (QED) is 0.647. The van der Waals surface area contributed by atoms with Crippen LogP contribution < -0.4 is 5.32 Å². The Morgan fingerprint density at radius 1 is 1.17 bits per heavy atom. The van der Waals surface area contributed by atoms with E-state index in [-0.39, 0.29) is 11.2 Å². The molecule has 120 valence electrons. The highest BCUT2D eigenvalue weighted by atomic mass is 35.5. The summed E-state index contributed by atoms with van der Waals surface area (Å²) in [5, 5.41) is 2.80. The molecule has 0 aliphatic carbocycles. The summed E-state index contributed by atoms with van der Waals surface area (Å²) in [6.45, 7) is 1.81. The van der Waals surface area contributed by atoms with Crippen LogP contribution in [0.4, 0.5) is 5.69 Å². The molecule has 0 aliphatic rings. The highest BCUT2D eigenvalue weighted by molar-refractivity contribution is 8.00. The van der Waals surface area contributed by atoms with Gasteiger partial charge < -0.3 is 10.1 Å². The first-order valence-electron chi connectivity index (χ1n) is 6.91. The molecule has 4 nitrogen and oxygen atoms in total. The first kappa shape index (κ1) is 17.4. The van der Waals surface area contributed by atoms with Crippen LogP contribution in [0.2, 0.25) is 5.02 Å². The van der Waals surface area contributed by atoms with E-state index in [4.69, 9.17) is 11.6 Å². The van der Waals surface area contributed by atoms with Crippen molar-refractivity contribution >= 4 is 40.9 Å². The summed E-state index contributed by atoms with van der Waals surface area (Å²) in [5.41, 5.74) is 0.718. The van der Waals surface area contributed by atoms with Crippen molar-refractivity contribution < 1.29 is 14.3 Å². The number of thioether (sulfide) groups is 1. The molecule has 0 unspecified atom stereocenters. The molecule has 0 aromatic heterocycles. The molecule has 1 N–H and O–H groups in total. The van der Waals surface area contributed by atoms with Crippen molar-refractivity contribution in [1.82, 2.24) is 0 Å². The Morgan fingerprint density at radius 3 is 2.52 bits per heavy atom. The second kappa shape index (κ2) is 8.04. The number of amides is 1. The van der Waals surface area contributed by atoms with Gasteiger partial charge in [-0.15, -0.1) is 11.8 Å². The fourth-order valence-electron chi connectivity index (χ4n) is 1.86. The van der Waals surface area contributed by atoms with E-state index in [1.165, 1.54) is 24.9 Å². The maximum atomic E-state index is 12.3.